The van der Waals surface area contributed by atoms with Crippen LogP contribution in [0.4, 0.5) is 4.79 Å². The van der Waals surface area contributed by atoms with E-state index in [0.29, 0.717) is 32.3 Å². The molecule has 3 saturated heterocycles. The third-order valence-corrected chi connectivity index (χ3v) is 9.91. The summed E-state index contributed by atoms with van der Waals surface area (Å²) in [6.45, 7) is 9.48. The van der Waals surface area contributed by atoms with Gasteiger partial charge in [0, 0.05) is 43.9 Å². The predicted octanol–water partition coefficient (Wildman–Crippen LogP) is 2.46. The number of allylic oxidation sites excluding steroid dienone is 2. The van der Waals surface area contributed by atoms with E-state index >= 15 is 0 Å². The lowest BCUT2D eigenvalue weighted by molar-refractivity contribution is -0.146. The molecular weight excluding hydrogens is 646 g/mol. The number of hydrogen-bond acceptors (Lipinski definition) is 10. The van der Waals surface area contributed by atoms with Crippen LogP contribution in [0.5, 0.6) is 0 Å². The van der Waals surface area contributed by atoms with Gasteiger partial charge in [-0.2, -0.15) is 0 Å². The number of hydrogen-bond donors (Lipinski definition) is 4. The van der Waals surface area contributed by atoms with Crippen molar-refractivity contribution in [1.82, 2.24) is 25.5 Å². The van der Waals surface area contributed by atoms with E-state index in [1.165, 1.54) is 23.9 Å². The summed E-state index contributed by atoms with van der Waals surface area (Å²) in [4.78, 5) is 52.5. The minimum Gasteiger partial charge on any atom is -0.459 e. The summed E-state index contributed by atoms with van der Waals surface area (Å²) in [7, 11) is 0. The summed E-state index contributed by atoms with van der Waals surface area (Å²) >= 11 is 0. The van der Waals surface area contributed by atoms with Crippen LogP contribution in [0.2, 0.25) is 0 Å². The van der Waals surface area contributed by atoms with Crippen LogP contribution in [0, 0.1) is 5.92 Å². The van der Waals surface area contributed by atoms with E-state index < -0.39 is 36.0 Å². The van der Waals surface area contributed by atoms with E-state index in [9.17, 15) is 24.3 Å². The topological polar surface area (TPSA) is 183 Å². The lowest BCUT2D eigenvalue weighted by Gasteiger charge is -2.39. The van der Waals surface area contributed by atoms with Crippen LogP contribution in [0.15, 0.2) is 54.7 Å². The molecule has 1 spiro atoms. The monoisotopic (exact) mass is 697 g/mol. The first-order valence-electron chi connectivity index (χ1n) is 17.5. The summed E-state index contributed by atoms with van der Waals surface area (Å²) in [5, 5.41) is 20.0. The molecular formula is C36H51N5O9. The number of carbonyl (C=O) groups is 4. The molecule has 50 heavy (non-hydrogen) atoms. The van der Waals surface area contributed by atoms with Crippen molar-refractivity contribution in [2.75, 3.05) is 6.61 Å². The molecule has 0 radical (unpaired) electrons. The van der Waals surface area contributed by atoms with Crippen LogP contribution < -0.4 is 16.0 Å². The fraction of sp³-hybridized carbons (Fsp3) is 0.639. The molecule has 274 valence electrons. The Morgan fingerprint density at radius 1 is 1.08 bits per heavy atom. The first-order valence-corrected chi connectivity index (χ1v) is 17.5. The van der Waals surface area contributed by atoms with E-state index in [2.05, 4.69) is 33.9 Å². The maximum Gasteiger partial charge on any atom is 0.327 e. The van der Waals surface area contributed by atoms with Gasteiger partial charge in [-0.25, -0.2) is 9.78 Å². The highest BCUT2D eigenvalue weighted by Gasteiger charge is 2.58. The molecule has 4 heterocycles. The first kappa shape index (κ1) is 37.4. The maximum atomic E-state index is 12.9. The average molecular weight is 698 g/mol. The lowest BCUT2D eigenvalue weighted by atomic mass is 9.85. The summed E-state index contributed by atoms with van der Waals surface area (Å²) < 4.78 is 24.6. The highest BCUT2D eigenvalue weighted by Crippen LogP contribution is 2.43. The van der Waals surface area contributed by atoms with Gasteiger partial charge in [0.1, 0.15) is 30.2 Å². The van der Waals surface area contributed by atoms with Gasteiger partial charge in [-0.1, -0.05) is 30.7 Å². The number of nitrogens with one attached hydrogen (secondary N) is 3. The van der Waals surface area contributed by atoms with Crippen LogP contribution in [0.25, 0.3) is 0 Å². The Bertz CT molecular complexity index is 1450. The lowest BCUT2D eigenvalue weighted by Crippen LogP contribution is -2.55. The van der Waals surface area contributed by atoms with Gasteiger partial charge >= 0.3 is 12.0 Å². The smallest absolute Gasteiger partial charge is 0.327 e. The van der Waals surface area contributed by atoms with Crippen molar-refractivity contribution in [2.24, 2.45) is 5.92 Å². The van der Waals surface area contributed by atoms with Crippen molar-refractivity contribution < 1.29 is 43.2 Å². The van der Waals surface area contributed by atoms with Crippen molar-refractivity contribution in [3.05, 3.63) is 54.7 Å². The van der Waals surface area contributed by atoms with Crippen LogP contribution in [-0.4, -0.2) is 105 Å². The summed E-state index contributed by atoms with van der Waals surface area (Å²) in [6, 6.07) is -0.415. The van der Waals surface area contributed by atoms with Crippen molar-refractivity contribution in [1.29, 1.82) is 0 Å². The highest BCUT2D eigenvalue weighted by atomic mass is 16.6. The van der Waals surface area contributed by atoms with E-state index in [4.69, 9.17) is 18.9 Å². The Labute approximate surface area is 293 Å². The number of esters is 1. The number of epoxide rings is 1. The van der Waals surface area contributed by atoms with Gasteiger partial charge in [0.15, 0.2) is 0 Å². The number of carbonyl (C=O) groups excluding carboxylic acids is 4. The van der Waals surface area contributed by atoms with Crippen LogP contribution in [0.3, 0.4) is 0 Å². The first-order chi connectivity index (χ1) is 23.8. The van der Waals surface area contributed by atoms with E-state index in [-0.39, 0.29) is 60.5 Å². The largest absolute Gasteiger partial charge is 0.459 e. The molecule has 14 nitrogen and oxygen atoms in total. The molecule has 0 unspecified atom stereocenters. The quantitative estimate of drug-likeness (QED) is 0.110. The molecule has 1 saturated carbocycles. The van der Waals surface area contributed by atoms with Crippen LogP contribution >= 0.6 is 0 Å². The number of aromatic nitrogens is 2. The van der Waals surface area contributed by atoms with Crippen LogP contribution in [0.1, 0.15) is 73.1 Å². The second-order valence-electron chi connectivity index (χ2n) is 14.2. The second-order valence-corrected chi connectivity index (χ2v) is 14.2. The minimum absolute atomic E-state index is 0.00956. The minimum atomic E-state index is -0.841. The zero-order valence-electron chi connectivity index (χ0n) is 29.4. The molecule has 3 amide bonds. The number of aliphatic hydroxyl groups is 1. The Balaban J connectivity index is 1.05. The van der Waals surface area contributed by atoms with Crippen molar-refractivity contribution in [3.8, 4) is 0 Å². The number of amides is 3. The summed E-state index contributed by atoms with van der Waals surface area (Å²) in [5.74, 6) is -0.596. The third-order valence-electron chi connectivity index (χ3n) is 9.91. The summed E-state index contributed by atoms with van der Waals surface area (Å²) in [6.07, 6.45) is 14.1. The molecule has 4 N–H and O–H groups in total. The molecule has 3 aliphatic heterocycles. The molecule has 1 aromatic heterocycles. The summed E-state index contributed by atoms with van der Waals surface area (Å²) in [5.41, 5.74) is 0.288. The molecule has 0 bridgehead atoms. The highest BCUT2D eigenvalue weighted by molar-refractivity contribution is 5.87. The third kappa shape index (κ3) is 10.1. The fourth-order valence-electron chi connectivity index (χ4n) is 6.86. The normalized spacial score (nSPS) is 34.6. The van der Waals surface area contributed by atoms with Gasteiger partial charge in [0.25, 0.3) is 0 Å². The molecule has 1 aliphatic carbocycles. The van der Waals surface area contributed by atoms with E-state index in [1.54, 1.807) is 25.4 Å². The number of ether oxygens (including phenoxy) is 4. The van der Waals surface area contributed by atoms with Gasteiger partial charge in [-0.05, 0) is 58.4 Å². The number of imidazole rings is 1. The standard InChI is InChI=1S/C36H51N5O9/c1-21(6-9-30-22(2)14-29(24(4)49-30)40-32(43)11-8-23(3)48-25(5)42)7-10-31-34(45)36(19-47-36)18-28(50-31)17-33(44)38-26-15-27(16-26)39-35(46)41-13-12-37-20-41/h6-8,10-13,20,22-24,26-31,34,45H,9,14-19H2,1-5H3,(H,38,44)(H,39,46)(H,40,43)/b10-7+,11-8-,21-6+/t22-,23-,24+,26-,27-,28+,29+,30-,31+,34+,36+/m0/s1. The Morgan fingerprint density at radius 3 is 2.50 bits per heavy atom. The van der Waals surface area contributed by atoms with Gasteiger partial charge in [-0.3, -0.25) is 19.0 Å². The predicted molar refractivity (Wildman–Crippen MR) is 182 cm³/mol. The Morgan fingerprint density at radius 2 is 1.82 bits per heavy atom. The Kier molecular flexibility index (Phi) is 12.3. The fourth-order valence-corrected chi connectivity index (χ4v) is 6.86. The molecule has 0 aromatic carbocycles. The van der Waals surface area contributed by atoms with Crippen molar-refractivity contribution in [2.45, 2.75) is 133 Å². The maximum absolute atomic E-state index is 12.9. The molecule has 4 aliphatic rings. The molecule has 4 fully saturated rings. The molecule has 1 aromatic rings. The number of aliphatic hydroxyl groups excluding tert-OH is 1. The van der Waals surface area contributed by atoms with Crippen LogP contribution in [-0.2, 0) is 33.3 Å². The molecule has 9 atom stereocenters. The van der Waals surface area contributed by atoms with E-state index in [0.717, 1.165) is 12.0 Å². The molecule has 14 heteroatoms. The van der Waals surface area contributed by atoms with E-state index in [1.807, 2.05) is 26.0 Å². The van der Waals surface area contributed by atoms with Gasteiger partial charge < -0.3 is 40.0 Å². The average Bonchev–Trinajstić information content (AvgIpc) is 3.57. The van der Waals surface area contributed by atoms with Gasteiger partial charge in [0.05, 0.1) is 37.4 Å². The number of nitrogens with zero attached hydrogens (tertiary/aromatic N) is 2. The van der Waals surface area contributed by atoms with Crippen molar-refractivity contribution in [3.63, 3.8) is 0 Å². The molecule has 5 rings (SSSR count). The Hall–Kier alpha value is -3.85. The van der Waals surface area contributed by atoms with Gasteiger partial charge in [-0.15, -0.1) is 0 Å². The zero-order valence-corrected chi connectivity index (χ0v) is 29.4. The second kappa shape index (κ2) is 16.4. The van der Waals surface area contributed by atoms with Crippen molar-refractivity contribution >= 4 is 23.8 Å². The van der Waals surface area contributed by atoms with Gasteiger partial charge in [0.2, 0.25) is 11.8 Å². The zero-order chi connectivity index (χ0) is 36.0. The SMILES string of the molecule is CC(=O)O[C@@H](C)/C=C\C(=O)N[C@@H]1C[C@H](C)[C@H](C/C=C(C)/C=C/[C@H]2O[C@H](CC(=O)N[C@H]3C[C@H](NC(=O)n4ccnc4)C3)C[C@@]3(CO3)[C@@H]2O)O[C@@H]1C. The number of rotatable bonds is 12.